The van der Waals surface area contributed by atoms with Crippen LogP contribution < -0.4 is 9.47 Å². The van der Waals surface area contributed by atoms with Gasteiger partial charge in [-0.25, -0.2) is 0 Å². The van der Waals surface area contributed by atoms with Gasteiger partial charge in [0.1, 0.15) is 24.7 Å². The van der Waals surface area contributed by atoms with E-state index in [-0.39, 0.29) is 0 Å². The average molecular weight is 476 g/mol. The SMILES string of the molecule is BrCc1ccc(OCc2ccccc2COc2ccc(CBr)cc2)cc1. The summed E-state index contributed by atoms with van der Waals surface area (Å²) in [5.74, 6) is 1.74. The predicted molar refractivity (Wildman–Crippen MR) is 113 cm³/mol. The molecule has 0 aromatic heterocycles. The number of hydrogen-bond donors (Lipinski definition) is 0. The summed E-state index contributed by atoms with van der Waals surface area (Å²) in [7, 11) is 0. The molecule has 26 heavy (non-hydrogen) atoms. The van der Waals surface area contributed by atoms with E-state index in [0.717, 1.165) is 33.3 Å². The van der Waals surface area contributed by atoms with Crippen LogP contribution >= 0.6 is 31.9 Å². The Hall–Kier alpha value is -1.78. The smallest absolute Gasteiger partial charge is 0.119 e. The Bertz CT molecular complexity index is 744. The molecule has 0 bridgehead atoms. The zero-order chi connectivity index (χ0) is 18.2. The largest absolute Gasteiger partial charge is 0.489 e. The molecule has 0 heterocycles. The van der Waals surface area contributed by atoms with Crippen LogP contribution in [-0.4, -0.2) is 0 Å². The Morgan fingerprint density at radius 2 is 0.923 bits per heavy atom. The van der Waals surface area contributed by atoms with Crippen LogP contribution in [-0.2, 0) is 23.9 Å². The van der Waals surface area contributed by atoms with Gasteiger partial charge in [0.05, 0.1) is 0 Å². The Morgan fingerprint density at radius 1 is 0.538 bits per heavy atom. The summed E-state index contributed by atoms with van der Waals surface area (Å²) in [6.07, 6.45) is 0. The minimum Gasteiger partial charge on any atom is -0.489 e. The van der Waals surface area contributed by atoms with Crippen LogP contribution in [0.1, 0.15) is 22.3 Å². The van der Waals surface area contributed by atoms with Crippen LogP contribution in [0.3, 0.4) is 0 Å². The van der Waals surface area contributed by atoms with Gasteiger partial charge in [-0.1, -0.05) is 80.4 Å². The van der Waals surface area contributed by atoms with Gasteiger partial charge in [0.25, 0.3) is 0 Å². The number of rotatable bonds is 8. The normalized spacial score (nSPS) is 10.5. The van der Waals surface area contributed by atoms with Gasteiger partial charge in [0, 0.05) is 10.7 Å². The number of hydrogen-bond acceptors (Lipinski definition) is 2. The van der Waals surface area contributed by atoms with Gasteiger partial charge < -0.3 is 9.47 Å². The van der Waals surface area contributed by atoms with Crippen molar-refractivity contribution in [2.45, 2.75) is 23.9 Å². The fourth-order valence-corrected chi connectivity index (χ4v) is 3.26. The van der Waals surface area contributed by atoms with E-state index >= 15 is 0 Å². The molecule has 0 aliphatic heterocycles. The molecule has 3 aromatic rings. The van der Waals surface area contributed by atoms with Gasteiger partial charge in [-0.2, -0.15) is 0 Å². The molecule has 3 rings (SSSR count). The summed E-state index contributed by atoms with van der Waals surface area (Å²) in [5, 5.41) is 1.70. The standard InChI is InChI=1S/C22H20Br2O2/c23-13-17-5-9-21(10-6-17)25-15-19-3-1-2-4-20(19)16-26-22-11-7-18(14-24)8-12-22/h1-12H,13-16H2. The third kappa shape index (κ3) is 5.36. The van der Waals surface area contributed by atoms with Crippen molar-refractivity contribution in [3.05, 3.63) is 95.1 Å². The first-order valence-electron chi connectivity index (χ1n) is 8.40. The average Bonchev–Trinajstić information content (AvgIpc) is 2.72. The van der Waals surface area contributed by atoms with E-state index in [1.54, 1.807) is 0 Å². The number of halogens is 2. The first kappa shape index (κ1) is 19.0. The molecular formula is C22H20Br2O2. The molecule has 0 aliphatic carbocycles. The van der Waals surface area contributed by atoms with Crippen molar-refractivity contribution in [2.24, 2.45) is 0 Å². The lowest BCUT2D eigenvalue weighted by molar-refractivity contribution is 0.285. The molecule has 0 fully saturated rings. The summed E-state index contributed by atoms with van der Waals surface area (Å²) in [6.45, 7) is 1.05. The molecule has 0 aliphatic rings. The second-order valence-corrected chi connectivity index (χ2v) is 7.02. The van der Waals surface area contributed by atoms with Crippen molar-refractivity contribution in [3.63, 3.8) is 0 Å². The van der Waals surface area contributed by atoms with Crippen molar-refractivity contribution in [1.82, 2.24) is 0 Å². The zero-order valence-corrected chi connectivity index (χ0v) is 17.5. The Morgan fingerprint density at radius 3 is 1.27 bits per heavy atom. The molecule has 0 saturated carbocycles. The molecule has 0 atom stereocenters. The highest BCUT2D eigenvalue weighted by atomic mass is 79.9. The lowest BCUT2D eigenvalue weighted by Gasteiger charge is -2.13. The van der Waals surface area contributed by atoms with Crippen LogP contribution in [0.15, 0.2) is 72.8 Å². The van der Waals surface area contributed by atoms with E-state index in [1.165, 1.54) is 11.1 Å². The number of benzene rings is 3. The van der Waals surface area contributed by atoms with Crippen molar-refractivity contribution in [1.29, 1.82) is 0 Å². The lowest BCUT2D eigenvalue weighted by Crippen LogP contribution is -2.03. The van der Waals surface area contributed by atoms with Crippen LogP contribution in [0.2, 0.25) is 0 Å². The summed E-state index contributed by atoms with van der Waals surface area (Å²) in [4.78, 5) is 0. The third-order valence-electron chi connectivity index (χ3n) is 4.06. The van der Waals surface area contributed by atoms with E-state index < -0.39 is 0 Å². The van der Waals surface area contributed by atoms with Crippen LogP contribution in [0.4, 0.5) is 0 Å². The van der Waals surface area contributed by atoms with Gasteiger partial charge in [-0.3, -0.25) is 0 Å². The molecule has 0 saturated heterocycles. The first-order chi connectivity index (χ1) is 12.8. The molecule has 0 N–H and O–H groups in total. The van der Waals surface area contributed by atoms with Crippen molar-refractivity contribution in [3.8, 4) is 11.5 Å². The van der Waals surface area contributed by atoms with E-state index in [4.69, 9.17) is 9.47 Å². The quantitative estimate of drug-likeness (QED) is 0.340. The Kier molecular flexibility index (Phi) is 7.15. The second-order valence-electron chi connectivity index (χ2n) is 5.90. The molecule has 0 spiro atoms. The van der Waals surface area contributed by atoms with E-state index in [0.29, 0.717) is 13.2 Å². The number of alkyl halides is 2. The highest BCUT2D eigenvalue weighted by Gasteiger charge is 2.05. The predicted octanol–water partition coefficient (Wildman–Crippen LogP) is 6.63. The van der Waals surface area contributed by atoms with E-state index in [9.17, 15) is 0 Å². The van der Waals surface area contributed by atoms with E-state index in [1.807, 2.05) is 36.4 Å². The molecule has 134 valence electrons. The van der Waals surface area contributed by atoms with Crippen LogP contribution in [0.25, 0.3) is 0 Å². The lowest BCUT2D eigenvalue weighted by atomic mass is 10.1. The highest BCUT2D eigenvalue weighted by Crippen LogP contribution is 2.20. The van der Waals surface area contributed by atoms with E-state index in [2.05, 4.69) is 68.3 Å². The molecule has 4 heteroatoms. The molecule has 0 amide bonds. The van der Waals surface area contributed by atoms with Crippen molar-refractivity contribution >= 4 is 31.9 Å². The fraction of sp³-hybridized carbons (Fsp3) is 0.182. The topological polar surface area (TPSA) is 18.5 Å². The molecule has 3 aromatic carbocycles. The monoisotopic (exact) mass is 474 g/mol. The van der Waals surface area contributed by atoms with Crippen LogP contribution in [0, 0.1) is 0 Å². The number of ether oxygens (including phenoxy) is 2. The third-order valence-corrected chi connectivity index (χ3v) is 5.36. The van der Waals surface area contributed by atoms with Crippen molar-refractivity contribution in [2.75, 3.05) is 0 Å². The summed E-state index contributed by atoms with van der Waals surface area (Å²) in [6, 6.07) is 24.5. The van der Waals surface area contributed by atoms with Crippen LogP contribution in [0.5, 0.6) is 11.5 Å². The van der Waals surface area contributed by atoms with Gasteiger partial charge >= 0.3 is 0 Å². The molecule has 2 nitrogen and oxygen atoms in total. The minimum atomic E-state index is 0.524. The van der Waals surface area contributed by atoms with Gasteiger partial charge in [0.2, 0.25) is 0 Å². The van der Waals surface area contributed by atoms with Crippen molar-refractivity contribution < 1.29 is 9.47 Å². The second kappa shape index (κ2) is 9.79. The summed E-state index contributed by atoms with van der Waals surface area (Å²) < 4.78 is 11.9. The zero-order valence-electron chi connectivity index (χ0n) is 14.3. The minimum absolute atomic E-state index is 0.524. The molecular weight excluding hydrogens is 456 g/mol. The fourth-order valence-electron chi connectivity index (χ4n) is 2.51. The highest BCUT2D eigenvalue weighted by molar-refractivity contribution is 9.08. The summed E-state index contributed by atoms with van der Waals surface area (Å²) >= 11 is 6.91. The Labute approximate surface area is 171 Å². The molecule has 0 unspecified atom stereocenters. The van der Waals surface area contributed by atoms with Gasteiger partial charge in [-0.05, 0) is 46.5 Å². The Balaban J connectivity index is 1.61. The maximum absolute atomic E-state index is 5.94. The maximum atomic E-state index is 5.94. The maximum Gasteiger partial charge on any atom is 0.119 e. The first-order valence-corrected chi connectivity index (χ1v) is 10.6. The van der Waals surface area contributed by atoms with Gasteiger partial charge in [-0.15, -0.1) is 0 Å². The summed E-state index contributed by atoms with van der Waals surface area (Å²) in [5.41, 5.74) is 4.73. The van der Waals surface area contributed by atoms with Gasteiger partial charge in [0.15, 0.2) is 0 Å². The molecule has 0 radical (unpaired) electrons.